The highest BCUT2D eigenvalue weighted by molar-refractivity contribution is 5.98. The van der Waals surface area contributed by atoms with Gasteiger partial charge in [0.15, 0.2) is 12.2 Å². The molecule has 2 rings (SSSR count). The fourth-order valence-electron chi connectivity index (χ4n) is 2.02. The maximum atomic E-state index is 13.1. The molecule has 2 amide bonds. The number of nitrogens with one attached hydrogen (secondary N) is 2. The highest BCUT2D eigenvalue weighted by Gasteiger charge is 2.44. The third-order valence-electron chi connectivity index (χ3n) is 3.65. The van der Waals surface area contributed by atoms with Crippen molar-refractivity contribution in [1.82, 2.24) is 15.8 Å². The maximum Gasteiger partial charge on any atom is 0.268 e. The first-order chi connectivity index (χ1) is 12.8. The Morgan fingerprint density at radius 1 is 1.30 bits per heavy atom. The van der Waals surface area contributed by atoms with Gasteiger partial charge in [0.05, 0.1) is 6.20 Å². The van der Waals surface area contributed by atoms with Gasteiger partial charge in [0, 0.05) is 11.1 Å². The number of hydrogen-bond donors (Lipinski definition) is 4. The summed E-state index contributed by atoms with van der Waals surface area (Å²) in [6, 6.07) is 3.97. The number of benzene rings is 1. The molecule has 1 aromatic carbocycles. The van der Waals surface area contributed by atoms with Gasteiger partial charge in [-0.05, 0) is 37.1 Å². The molecular weight excluding hydrogens is 362 g/mol. The molecule has 2 aromatic rings. The predicted octanol–water partition coefficient (Wildman–Crippen LogP) is 0.661. The van der Waals surface area contributed by atoms with E-state index in [1.54, 1.807) is 0 Å². The van der Waals surface area contributed by atoms with Crippen LogP contribution in [0.5, 0.6) is 0 Å². The number of hydroxylamine groups is 1. The molecule has 1 unspecified atom stereocenters. The summed E-state index contributed by atoms with van der Waals surface area (Å²) in [5.41, 5.74) is 4.92. The Balaban J connectivity index is 2.15. The van der Waals surface area contributed by atoms with Crippen molar-refractivity contribution in [2.45, 2.75) is 24.9 Å². The summed E-state index contributed by atoms with van der Waals surface area (Å²) in [5.74, 6) is 3.79. The zero-order valence-corrected chi connectivity index (χ0v) is 14.1. The fourth-order valence-corrected chi connectivity index (χ4v) is 2.02. The second-order valence-electron chi connectivity index (χ2n) is 5.74. The van der Waals surface area contributed by atoms with Gasteiger partial charge in [-0.25, -0.2) is 19.2 Å². The number of amides is 2. The highest BCUT2D eigenvalue weighted by Crippen LogP contribution is 2.18. The van der Waals surface area contributed by atoms with Crippen LogP contribution in [0.15, 0.2) is 41.3 Å². The van der Waals surface area contributed by atoms with Crippen molar-refractivity contribution in [3.05, 3.63) is 53.7 Å². The van der Waals surface area contributed by atoms with Crippen LogP contribution in [0.2, 0.25) is 0 Å². The Morgan fingerprint density at radius 2 is 1.96 bits per heavy atom. The number of hydrogen-bond acceptors (Lipinski definition) is 6. The molecule has 0 fully saturated rings. The van der Waals surface area contributed by atoms with Gasteiger partial charge < -0.3 is 15.5 Å². The molecule has 1 aromatic heterocycles. The number of rotatable bonds is 5. The number of carbonyl (C=O) groups excluding carboxylic acids is 2. The second kappa shape index (κ2) is 8.39. The van der Waals surface area contributed by atoms with Gasteiger partial charge >= 0.3 is 0 Å². The van der Waals surface area contributed by atoms with E-state index in [9.17, 15) is 18.4 Å². The van der Waals surface area contributed by atoms with Gasteiger partial charge in [-0.1, -0.05) is 5.92 Å². The molecule has 27 heavy (non-hydrogen) atoms. The van der Waals surface area contributed by atoms with Crippen molar-refractivity contribution >= 4 is 11.8 Å². The molecular formula is C17H16F2N4O4. The monoisotopic (exact) mass is 378 g/mol. The lowest BCUT2D eigenvalue weighted by Crippen LogP contribution is -2.66. The lowest BCUT2D eigenvalue weighted by molar-refractivity contribution is -0.134. The average molecular weight is 378 g/mol. The Hall–Kier alpha value is -3.29. The summed E-state index contributed by atoms with van der Waals surface area (Å²) in [5, 5.41) is 10.8. The summed E-state index contributed by atoms with van der Waals surface area (Å²) in [6.07, 6.45) is -0.455. The molecule has 0 saturated carbocycles. The Kier molecular flexibility index (Phi) is 6.23. The Morgan fingerprint density at radius 3 is 2.48 bits per heavy atom. The van der Waals surface area contributed by atoms with E-state index in [1.165, 1.54) is 42.3 Å². The Labute approximate surface area is 152 Å². The van der Waals surface area contributed by atoms with Crippen molar-refractivity contribution in [3.63, 3.8) is 0 Å². The van der Waals surface area contributed by atoms with Crippen molar-refractivity contribution in [2.24, 2.45) is 5.73 Å². The van der Waals surface area contributed by atoms with Gasteiger partial charge in [0.25, 0.3) is 18.2 Å². The summed E-state index contributed by atoms with van der Waals surface area (Å²) in [6.45, 7) is 0.889. The first-order valence-electron chi connectivity index (χ1n) is 7.58. The molecule has 0 aliphatic carbocycles. The van der Waals surface area contributed by atoms with E-state index in [1.807, 2.05) is 0 Å². The van der Waals surface area contributed by atoms with Gasteiger partial charge in [-0.3, -0.25) is 14.8 Å². The van der Waals surface area contributed by atoms with E-state index < -0.39 is 29.8 Å². The summed E-state index contributed by atoms with van der Waals surface area (Å²) in [4.78, 5) is 27.6. The molecule has 2 atom stereocenters. The molecule has 0 saturated heterocycles. The van der Waals surface area contributed by atoms with Crippen LogP contribution >= 0.6 is 0 Å². The number of carbonyl (C=O) groups is 2. The van der Waals surface area contributed by atoms with E-state index in [-0.39, 0.29) is 5.56 Å². The van der Waals surface area contributed by atoms with E-state index in [4.69, 9.17) is 15.4 Å². The molecule has 0 aliphatic rings. The largest absolute Gasteiger partial charge is 0.435 e. The molecule has 142 valence electrons. The zero-order valence-electron chi connectivity index (χ0n) is 14.1. The number of alkyl halides is 2. The molecule has 0 spiro atoms. The van der Waals surface area contributed by atoms with E-state index in [2.05, 4.69) is 22.1 Å². The van der Waals surface area contributed by atoms with Gasteiger partial charge in [-0.15, -0.1) is 0 Å². The minimum absolute atomic E-state index is 0.0843. The van der Waals surface area contributed by atoms with Crippen LogP contribution in [0, 0.1) is 11.8 Å². The molecule has 5 N–H and O–H groups in total. The van der Waals surface area contributed by atoms with Crippen molar-refractivity contribution in [3.8, 4) is 11.8 Å². The van der Waals surface area contributed by atoms with Gasteiger partial charge in [0.2, 0.25) is 0 Å². The van der Waals surface area contributed by atoms with Gasteiger partial charge in [0.1, 0.15) is 11.6 Å². The third-order valence-corrected chi connectivity index (χ3v) is 3.65. The number of oxazole rings is 1. The van der Waals surface area contributed by atoms with Crippen LogP contribution < -0.4 is 16.5 Å². The second-order valence-corrected chi connectivity index (χ2v) is 5.74. The van der Waals surface area contributed by atoms with E-state index in [0.717, 1.165) is 6.92 Å². The smallest absolute Gasteiger partial charge is 0.268 e. The molecule has 8 nitrogen and oxygen atoms in total. The maximum absolute atomic E-state index is 13.1. The Bertz CT molecular complexity index is 855. The standard InChI is InChI=1S/C17H16F2N4O4/c1-17(20,16(18)19)13(15(25)23-26)22-14(24)11-5-2-10(3-6-11)4-7-12-8-21-9-27-12/h2-3,5-6,8-9,13,16,26H,20H2,1H3,(H,22,24)(H,23,25)/t13-,17?/m1/s1. The number of aromatic nitrogens is 1. The molecule has 10 heteroatoms. The van der Waals surface area contributed by atoms with Crippen LogP contribution in [0.25, 0.3) is 0 Å². The minimum Gasteiger partial charge on any atom is -0.435 e. The zero-order chi connectivity index (χ0) is 20.0. The number of halogens is 2. The summed E-state index contributed by atoms with van der Waals surface area (Å²) in [7, 11) is 0. The van der Waals surface area contributed by atoms with Crippen LogP contribution in [0.1, 0.15) is 28.6 Å². The molecule has 0 radical (unpaired) electrons. The minimum atomic E-state index is -3.13. The van der Waals surface area contributed by atoms with Crippen LogP contribution in [0.4, 0.5) is 8.78 Å². The molecule has 1 heterocycles. The topological polar surface area (TPSA) is 130 Å². The molecule has 0 aliphatic heterocycles. The van der Waals surface area contributed by atoms with Crippen molar-refractivity contribution in [1.29, 1.82) is 0 Å². The predicted molar refractivity (Wildman–Crippen MR) is 88.7 cm³/mol. The normalized spacial score (nSPS) is 13.9. The molecule has 0 bridgehead atoms. The first-order valence-corrected chi connectivity index (χ1v) is 7.58. The average Bonchev–Trinajstić information content (AvgIpc) is 3.17. The SMILES string of the molecule is CC(N)(C(F)F)[C@H](NC(=O)c1ccc(C#Cc2cnco2)cc1)C(=O)NO. The van der Waals surface area contributed by atoms with Crippen LogP contribution in [0.3, 0.4) is 0 Å². The first kappa shape index (κ1) is 20.0. The third kappa shape index (κ3) is 4.87. The quantitative estimate of drug-likeness (QED) is 0.344. The lowest BCUT2D eigenvalue weighted by atomic mass is 9.92. The van der Waals surface area contributed by atoms with E-state index in [0.29, 0.717) is 11.3 Å². The lowest BCUT2D eigenvalue weighted by Gasteiger charge is -2.32. The number of nitrogens with two attached hydrogens (primary N) is 1. The summed E-state index contributed by atoms with van der Waals surface area (Å²) >= 11 is 0. The van der Waals surface area contributed by atoms with Crippen LogP contribution in [-0.4, -0.2) is 40.0 Å². The highest BCUT2D eigenvalue weighted by atomic mass is 19.3. The van der Waals surface area contributed by atoms with Gasteiger partial charge in [-0.2, -0.15) is 0 Å². The van der Waals surface area contributed by atoms with Crippen molar-refractivity contribution in [2.75, 3.05) is 0 Å². The summed E-state index contributed by atoms with van der Waals surface area (Å²) < 4.78 is 31.2. The van der Waals surface area contributed by atoms with Crippen LogP contribution in [-0.2, 0) is 4.79 Å². The fraction of sp³-hybridized carbons (Fsp3) is 0.235. The number of nitrogens with zero attached hydrogens (tertiary/aromatic N) is 1. The van der Waals surface area contributed by atoms with E-state index >= 15 is 0 Å². The van der Waals surface area contributed by atoms with Crippen molar-refractivity contribution < 1.29 is 28.0 Å².